The zero-order valence-corrected chi connectivity index (χ0v) is 20.2. The van der Waals surface area contributed by atoms with Crippen LogP contribution < -0.4 is 11.1 Å². The second-order valence-corrected chi connectivity index (χ2v) is 8.08. The molecule has 4 N–H and O–H groups in total. The van der Waals surface area contributed by atoms with Crippen molar-refractivity contribution >= 4 is 12.1 Å². The minimum absolute atomic E-state index is 0.135. The maximum absolute atomic E-state index is 10.3. The number of ether oxygens (including phenoxy) is 2. The third-order valence-electron chi connectivity index (χ3n) is 5.33. The average Bonchev–Trinajstić information content (AvgIpc) is 3.66. The molecule has 33 heavy (non-hydrogen) atoms. The van der Waals surface area contributed by atoms with Gasteiger partial charge in [-0.05, 0) is 45.3 Å². The molecule has 0 aromatic heterocycles. The molecular formula is C24H40N6O3. The summed E-state index contributed by atoms with van der Waals surface area (Å²) in [6, 6.07) is 0.187. The summed E-state index contributed by atoms with van der Waals surface area (Å²) in [4.78, 5) is 11.0. The molecule has 2 rings (SSSR count). The van der Waals surface area contributed by atoms with E-state index in [0.717, 1.165) is 50.9 Å². The molecule has 0 amide bonds. The predicted octanol–water partition coefficient (Wildman–Crippen LogP) is 3.11. The van der Waals surface area contributed by atoms with E-state index in [1.807, 2.05) is 32.9 Å². The largest absolute Gasteiger partial charge is 0.498 e. The van der Waals surface area contributed by atoms with Crippen molar-refractivity contribution in [2.75, 3.05) is 26.2 Å². The van der Waals surface area contributed by atoms with Crippen molar-refractivity contribution in [1.82, 2.24) is 15.3 Å². The van der Waals surface area contributed by atoms with Gasteiger partial charge in [-0.3, -0.25) is 15.5 Å². The van der Waals surface area contributed by atoms with Crippen LogP contribution in [0.1, 0.15) is 52.9 Å². The number of allylic oxidation sites excluding steroid dienone is 1. The van der Waals surface area contributed by atoms with Crippen molar-refractivity contribution in [2.45, 2.75) is 71.2 Å². The molecule has 1 aliphatic carbocycles. The first kappa shape index (κ1) is 26.5. The van der Waals surface area contributed by atoms with Gasteiger partial charge < -0.3 is 20.1 Å². The van der Waals surface area contributed by atoms with Crippen molar-refractivity contribution in [3.63, 3.8) is 0 Å². The lowest BCUT2D eigenvalue weighted by Crippen LogP contribution is -2.36. The van der Waals surface area contributed by atoms with E-state index in [0.29, 0.717) is 24.9 Å². The van der Waals surface area contributed by atoms with Crippen LogP contribution in [0.4, 0.5) is 0 Å². The number of nitrogens with one attached hydrogen (secondary N) is 1. The highest BCUT2D eigenvalue weighted by Crippen LogP contribution is 2.28. The lowest BCUT2D eigenvalue weighted by atomic mass is 10.1. The minimum atomic E-state index is -0.333. The van der Waals surface area contributed by atoms with E-state index >= 15 is 0 Å². The first-order valence-electron chi connectivity index (χ1n) is 11.8. The summed E-state index contributed by atoms with van der Waals surface area (Å²) in [6.45, 7) is 12.4. The zero-order valence-electron chi connectivity index (χ0n) is 20.2. The topological polar surface area (TPSA) is 108 Å². The van der Waals surface area contributed by atoms with E-state index in [9.17, 15) is 5.21 Å². The van der Waals surface area contributed by atoms with E-state index in [1.165, 1.54) is 11.4 Å². The normalized spacial score (nSPS) is 19.1. The van der Waals surface area contributed by atoms with Crippen molar-refractivity contribution in [2.24, 2.45) is 15.7 Å². The molecule has 1 unspecified atom stereocenters. The van der Waals surface area contributed by atoms with Gasteiger partial charge in [-0.2, -0.15) is 0 Å². The molecule has 0 aromatic carbocycles. The molecule has 2 fully saturated rings. The highest BCUT2D eigenvalue weighted by molar-refractivity contribution is 5.84. The number of hydroxylamine groups is 2. The SMILES string of the molecule is C=C=C(OCC)N1CCC(O/C=C/C(/N=C\N)NC/C(C)=N\C(=C/CC)N(O)C2CC2)CC1. The summed E-state index contributed by atoms with van der Waals surface area (Å²) < 4.78 is 11.5. The van der Waals surface area contributed by atoms with E-state index in [-0.39, 0.29) is 18.3 Å². The van der Waals surface area contributed by atoms with Crippen LogP contribution in [0.2, 0.25) is 0 Å². The summed E-state index contributed by atoms with van der Waals surface area (Å²) in [5.74, 6) is 1.31. The highest BCUT2D eigenvalue weighted by Gasteiger charge is 2.29. The van der Waals surface area contributed by atoms with Crippen LogP contribution in [0.3, 0.4) is 0 Å². The summed E-state index contributed by atoms with van der Waals surface area (Å²) >= 11 is 0. The number of nitrogens with zero attached hydrogens (tertiary/aromatic N) is 4. The fourth-order valence-electron chi connectivity index (χ4n) is 3.45. The molecule has 0 spiro atoms. The molecule has 1 heterocycles. The monoisotopic (exact) mass is 460 g/mol. The molecule has 0 radical (unpaired) electrons. The van der Waals surface area contributed by atoms with Gasteiger partial charge in [-0.25, -0.2) is 10.1 Å². The maximum Gasteiger partial charge on any atom is 0.235 e. The Morgan fingerprint density at radius 1 is 1.33 bits per heavy atom. The number of hydrogen-bond donors (Lipinski definition) is 3. The number of aliphatic imine (C=N–C) groups is 2. The van der Waals surface area contributed by atoms with Gasteiger partial charge in [-0.1, -0.05) is 19.2 Å². The van der Waals surface area contributed by atoms with Crippen LogP contribution in [-0.2, 0) is 9.47 Å². The Balaban J connectivity index is 1.81. The molecule has 9 nitrogen and oxygen atoms in total. The van der Waals surface area contributed by atoms with Crippen LogP contribution in [0.5, 0.6) is 0 Å². The second-order valence-electron chi connectivity index (χ2n) is 8.08. The number of likely N-dealkylation sites (tertiary alicyclic amines) is 1. The van der Waals surface area contributed by atoms with Crippen molar-refractivity contribution in [1.29, 1.82) is 0 Å². The van der Waals surface area contributed by atoms with Gasteiger partial charge in [0.2, 0.25) is 5.88 Å². The fourth-order valence-corrected chi connectivity index (χ4v) is 3.45. The molecular weight excluding hydrogens is 420 g/mol. The first-order chi connectivity index (χ1) is 16.0. The van der Waals surface area contributed by atoms with Gasteiger partial charge >= 0.3 is 0 Å². The van der Waals surface area contributed by atoms with Gasteiger partial charge in [0, 0.05) is 38.2 Å². The molecule has 2 aliphatic rings. The Hall–Kier alpha value is -2.74. The molecule has 1 saturated carbocycles. The van der Waals surface area contributed by atoms with Gasteiger partial charge in [0.05, 0.1) is 25.2 Å². The summed E-state index contributed by atoms with van der Waals surface area (Å²) in [5.41, 5.74) is 9.22. The number of nitrogens with two attached hydrogens (primary N) is 1. The first-order valence-corrected chi connectivity index (χ1v) is 11.8. The number of rotatable bonds is 14. The minimum Gasteiger partial charge on any atom is -0.498 e. The van der Waals surface area contributed by atoms with Gasteiger partial charge in [-0.15, -0.1) is 0 Å². The quantitative estimate of drug-likeness (QED) is 0.120. The summed E-state index contributed by atoms with van der Waals surface area (Å²) in [7, 11) is 0. The third kappa shape index (κ3) is 9.34. The van der Waals surface area contributed by atoms with Crippen molar-refractivity contribution < 1.29 is 14.7 Å². The summed E-state index contributed by atoms with van der Waals surface area (Å²) in [6.07, 6.45) is 11.1. The second kappa shape index (κ2) is 14.4. The van der Waals surface area contributed by atoms with E-state index in [4.69, 9.17) is 15.2 Å². The van der Waals surface area contributed by atoms with E-state index in [2.05, 4.69) is 32.5 Å². The number of piperidine rings is 1. The van der Waals surface area contributed by atoms with Crippen LogP contribution in [-0.4, -0.2) is 71.8 Å². The Labute approximate surface area is 198 Å². The van der Waals surface area contributed by atoms with E-state index < -0.39 is 0 Å². The zero-order chi connectivity index (χ0) is 24.1. The lowest BCUT2D eigenvalue weighted by Gasteiger charge is -2.33. The Bertz CT molecular complexity index is 760. The van der Waals surface area contributed by atoms with Crippen LogP contribution >= 0.6 is 0 Å². The van der Waals surface area contributed by atoms with Gasteiger partial charge in [0.15, 0.2) is 0 Å². The third-order valence-corrected chi connectivity index (χ3v) is 5.33. The fraction of sp³-hybridized carbons (Fsp3) is 0.625. The number of hydrogen-bond acceptors (Lipinski definition) is 8. The Morgan fingerprint density at radius 2 is 2.06 bits per heavy atom. The van der Waals surface area contributed by atoms with Crippen LogP contribution in [0.15, 0.2) is 52.4 Å². The Morgan fingerprint density at radius 3 is 2.64 bits per heavy atom. The molecule has 0 bridgehead atoms. The van der Waals surface area contributed by atoms with Crippen molar-refractivity contribution in [3.05, 3.63) is 42.4 Å². The van der Waals surface area contributed by atoms with Gasteiger partial charge in [0.25, 0.3) is 0 Å². The standard InChI is InChI=1S/C24H40N6O3/c1-5-8-23(30(31)20-9-10-20)28-19(4)17-26-22(27-18-25)13-16-33-21-11-14-29(15-12-21)24(6-2)32-7-3/h8,13,16,18,20-22,26,31H,2,5,7,9-12,14-15,17H2,1,3-4H3,(H2,25,27)/b16-13+,23-8+,28-19-. The van der Waals surface area contributed by atoms with Crippen LogP contribution in [0, 0.1) is 0 Å². The molecule has 1 atom stereocenters. The smallest absolute Gasteiger partial charge is 0.235 e. The molecule has 1 saturated heterocycles. The van der Waals surface area contributed by atoms with Gasteiger partial charge in [0.1, 0.15) is 18.1 Å². The van der Waals surface area contributed by atoms with Crippen molar-refractivity contribution in [3.8, 4) is 0 Å². The summed E-state index contributed by atoms with van der Waals surface area (Å²) in [5, 5.41) is 14.8. The maximum atomic E-state index is 10.3. The lowest BCUT2D eigenvalue weighted by molar-refractivity contribution is -0.0652. The molecule has 9 heteroatoms. The van der Waals surface area contributed by atoms with Crippen LogP contribution in [0.25, 0.3) is 0 Å². The average molecular weight is 461 g/mol. The molecule has 184 valence electrons. The predicted molar refractivity (Wildman–Crippen MR) is 132 cm³/mol. The van der Waals surface area contributed by atoms with E-state index in [1.54, 1.807) is 6.26 Å². The molecule has 1 aliphatic heterocycles. The molecule has 0 aromatic rings. The highest BCUT2D eigenvalue weighted by atomic mass is 16.5. The Kier molecular flexibility index (Phi) is 11.6.